The first kappa shape index (κ1) is 10.2. The van der Waals surface area contributed by atoms with Gasteiger partial charge in [0, 0.05) is 11.4 Å². The molecular formula is C12H19N. The Morgan fingerprint density at radius 2 is 1.77 bits per heavy atom. The van der Waals surface area contributed by atoms with Gasteiger partial charge in [0.25, 0.3) is 0 Å². The summed E-state index contributed by atoms with van der Waals surface area (Å²) < 4.78 is 0. The highest BCUT2D eigenvalue weighted by Gasteiger charge is 2.06. The molecule has 1 atom stereocenters. The molecule has 72 valence electrons. The summed E-state index contributed by atoms with van der Waals surface area (Å²) in [7, 11) is 0. The second-order valence-electron chi connectivity index (χ2n) is 3.95. The highest BCUT2D eigenvalue weighted by atomic mass is 14.7. The van der Waals surface area contributed by atoms with Crippen LogP contribution in [0.3, 0.4) is 0 Å². The number of pyridine rings is 1. The molecule has 1 aromatic heterocycles. The van der Waals surface area contributed by atoms with Gasteiger partial charge in [0.05, 0.1) is 0 Å². The maximum Gasteiger partial charge on any atom is 0.0435 e. The molecule has 0 spiro atoms. The zero-order valence-corrected chi connectivity index (χ0v) is 9.04. The minimum absolute atomic E-state index is 0.531. The average molecular weight is 177 g/mol. The first-order chi connectivity index (χ1) is 6.15. The summed E-state index contributed by atoms with van der Waals surface area (Å²) in [6, 6.07) is 6.35. The summed E-state index contributed by atoms with van der Waals surface area (Å²) in [4.78, 5) is 4.64. The van der Waals surface area contributed by atoms with Gasteiger partial charge >= 0.3 is 0 Å². The van der Waals surface area contributed by atoms with Crippen LogP contribution in [0.25, 0.3) is 0 Å². The minimum atomic E-state index is 0.531. The van der Waals surface area contributed by atoms with Gasteiger partial charge in [-0.05, 0) is 30.4 Å². The summed E-state index contributed by atoms with van der Waals surface area (Å²) >= 11 is 0. The monoisotopic (exact) mass is 177 g/mol. The molecule has 1 aromatic rings. The quantitative estimate of drug-likeness (QED) is 0.685. The molecule has 1 heteroatoms. The molecule has 0 amide bonds. The Morgan fingerprint density at radius 3 is 2.31 bits per heavy atom. The van der Waals surface area contributed by atoms with E-state index in [0.29, 0.717) is 11.8 Å². The van der Waals surface area contributed by atoms with Gasteiger partial charge in [-0.2, -0.15) is 0 Å². The molecule has 1 rings (SSSR count). The van der Waals surface area contributed by atoms with Crippen molar-refractivity contribution < 1.29 is 0 Å². The Kier molecular flexibility index (Phi) is 3.47. The maximum absolute atomic E-state index is 4.64. The van der Waals surface area contributed by atoms with Crippen LogP contribution in [0.1, 0.15) is 57.3 Å². The smallest absolute Gasteiger partial charge is 0.0435 e. The highest BCUT2D eigenvalue weighted by molar-refractivity contribution is 5.16. The molecule has 0 aliphatic rings. The predicted molar refractivity (Wildman–Crippen MR) is 57.0 cm³/mol. The predicted octanol–water partition coefficient (Wildman–Crippen LogP) is 3.72. The fourth-order valence-corrected chi connectivity index (χ4v) is 1.27. The third kappa shape index (κ3) is 2.55. The van der Waals surface area contributed by atoms with Gasteiger partial charge in [0.2, 0.25) is 0 Å². The van der Waals surface area contributed by atoms with Crippen LogP contribution in [0.5, 0.6) is 0 Å². The van der Waals surface area contributed by atoms with E-state index in [1.807, 2.05) is 0 Å². The van der Waals surface area contributed by atoms with Crippen molar-refractivity contribution in [2.75, 3.05) is 0 Å². The van der Waals surface area contributed by atoms with Gasteiger partial charge in [-0.25, -0.2) is 0 Å². The molecule has 0 radical (unpaired) electrons. The van der Waals surface area contributed by atoms with Crippen LogP contribution in [-0.2, 0) is 0 Å². The average Bonchev–Trinajstić information content (AvgIpc) is 2.17. The molecule has 0 bridgehead atoms. The van der Waals surface area contributed by atoms with Gasteiger partial charge in [-0.15, -0.1) is 0 Å². The molecule has 0 saturated carbocycles. The first-order valence-corrected chi connectivity index (χ1v) is 5.12. The van der Waals surface area contributed by atoms with Crippen molar-refractivity contribution >= 4 is 0 Å². The van der Waals surface area contributed by atoms with Crippen LogP contribution in [0.2, 0.25) is 0 Å². The van der Waals surface area contributed by atoms with Crippen molar-refractivity contribution in [2.24, 2.45) is 0 Å². The van der Waals surface area contributed by atoms with Crippen LogP contribution >= 0.6 is 0 Å². The van der Waals surface area contributed by atoms with Gasteiger partial charge in [0.1, 0.15) is 0 Å². The lowest BCUT2D eigenvalue weighted by Gasteiger charge is -2.11. The lowest BCUT2D eigenvalue weighted by atomic mass is 10.0. The number of nitrogens with zero attached hydrogens (tertiary/aromatic N) is 1. The summed E-state index contributed by atoms with van der Waals surface area (Å²) in [6.07, 6.45) is 1.16. The molecule has 1 unspecified atom stereocenters. The molecule has 0 aliphatic heterocycles. The van der Waals surface area contributed by atoms with Crippen molar-refractivity contribution in [3.05, 3.63) is 29.6 Å². The SMILES string of the molecule is CCC(C)c1cccc(C(C)C)n1. The molecule has 0 saturated heterocycles. The highest BCUT2D eigenvalue weighted by Crippen LogP contribution is 2.19. The maximum atomic E-state index is 4.64. The number of hydrogen-bond donors (Lipinski definition) is 0. The van der Waals surface area contributed by atoms with E-state index in [2.05, 4.69) is 50.9 Å². The van der Waals surface area contributed by atoms with E-state index in [1.165, 1.54) is 11.4 Å². The van der Waals surface area contributed by atoms with E-state index in [4.69, 9.17) is 0 Å². The molecule has 0 aliphatic carbocycles. The minimum Gasteiger partial charge on any atom is -0.257 e. The fraction of sp³-hybridized carbons (Fsp3) is 0.583. The number of rotatable bonds is 3. The normalized spacial score (nSPS) is 13.3. The van der Waals surface area contributed by atoms with Crippen LogP contribution in [-0.4, -0.2) is 4.98 Å². The molecule has 13 heavy (non-hydrogen) atoms. The molecule has 0 N–H and O–H groups in total. The first-order valence-electron chi connectivity index (χ1n) is 5.12. The third-order valence-corrected chi connectivity index (χ3v) is 2.50. The van der Waals surface area contributed by atoms with Gasteiger partial charge in [0.15, 0.2) is 0 Å². The van der Waals surface area contributed by atoms with Crippen LogP contribution in [0.4, 0.5) is 0 Å². The summed E-state index contributed by atoms with van der Waals surface area (Å²) in [5, 5.41) is 0. The lowest BCUT2D eigenvalue weighted by Crippen LogP contribution is -2.00. The molecule has 0 aromatic carbocycles. The van der Waals surface area contributed by atoms with E-state index in [0.717, 1.165) is 6.42 Å². The van der Waals surface area contributed by atoms with Crippen molar-refractivity contribution in [3.8, 4) is 0 Å². The zero-order valence-electron chi connectivity index (χ0n) is 9.04. The van der Waals surface area contributed by atoms with E-state index in [9.17, 15) is 0 Å². The molecule has 1 heterocycles. The Labute approximate surface area is 81.2 Å². The molecule has 1 nitrogen and oxygen atoms in total. The van der Waals surface area contributed by atoms with Crippen molar-refractivity contribution in [1.82, 2.24) is 4.98 Å². The second kappa shape index (κ2) is 4.40. The van der Waals surface area contributed by atoms with E-state index >= 15 is 0 Å². The summed E-state index contributed by atoms with van der Waals surface area (Å²) in [6.45, 7) is 8.80. The Balaban J connectivity index is 2.91. The largest absolute Gasteiger partial charge is 0.257 e. The Hall–Kier alpha value is -0.850. The third-order valence-electron chi connectivity index (χ3n) is 2.50. The molecule has 0 fully saturated rings. The van der Waals surface area contributed by atoms with E-state index in [-0.39, 0.29) is 0 Å². The van der Waals surface area contributed by atoms with Gasteiger partial charge < -0.3 is 0 Å². The zero-order chi connectivity index (χ0) is 9.84. The topological polar surface area (TPSA) is 12.9 Å². The summed E-state index contributed by atoms with van der Waals surface area (Å²) in [5.74, 6) is 1.11. The standard InChI is InChI=1S/C12H19N/c1-5-10(4)12-8-6-7-11(13-12)9(2)3/h6-10H,5H2,1-4H3. The van der Waals surface area contributed by atoms with Gasteiger partial charge in [-0.1, -0.05) is 33.8 Å². The number of aromatic nitrogens is 1. The Morgan fingerprint density at radius 1 is 1.15 bits per heavy atom. The lowest BCUT2D eigenvalue weighted by molar-refractivity contribution is 0.692. The van der Waals surface area contributed by atoms with Crippen molar-refractivity contribution in [1.29, 1.82) is 0 Å². The molecular weight excluding hydrogens is 158 g/mol. The van der Waals surface area contributed by atoms with Gasteiger partial charge in [-0.3, -0.25) is 4.98 Å². The second-order valence-corrected chi connectivity index (χ2v) is 3.95. The van der Waals surface area contributed by atoms with Crippen molar-refractivity contribution in [2.45, 2.75) is 46.0 Å². The van der Waals surface area contributed by atoms with Crippen LogP contribution in [0.15, 0.2) is 18.2 Å². The summed E-state index contributed by atoms with van der Waals surface area (Å²) in [5.41, 5.74) is 2.44. The van der Waals surface area contributed by atoms with Crippen LogP contribution in [0, 0.1) is 0 Å². The van der Waals surface area contributed by atoms with E-state index in [1.54, 1.807) is 0 Å². The fourth-order valence-electron chi connectivity index (χ4n) is 1.27. The van der Waals surface area contributed by atoms with E-state index < -0.39 is 0 Å². The number of hydrogen-bond acceptors (Lipinski definition) is 1. The van der Waals surface area contributed by atoms with Crippen molar-refractivity contribution in [3.63, 3.8) is 0 Å². The van der Waals surface area contributed by atoms with Crippen LogP contribution < -0.4 is 0 Å². The Bertz CT molecular complexity index is 266.